The van der Waals surface area contributed by atoms with E-state index in [1.165, 1.54) is 45.7 Å². The summed E-state index contributed by atoms with van der Waals surface area (Å²) in [6.07, 6.45) is 6.41. The fraction of sp³-hybridized carbons (Fsp3) is 0.632. The van der Waals surface area contributed by atoms with Crippen molar-refractivity contribution >= 4 is 5.97 Å². The number of likely N-dealkylation sites (tertiary alicyclic amines) is 1. The second kappa shape index (κ2) is 7.28. The van der Waals surface area contributed by atoms with Crippen LogP contribution in [0.3, 0.4) is 0 Å². The Hall–Kier alpha value is -1.35. The van der Waals surface area contributed by atoms with E-state index in [-0.39, 0.29) is 12.1 Å². The number of esters is 1. The van der Waals surface area contributed by atoms with E-state index < -0.39 is 0 Å². The molecule has 0 N–H and O–H groups in total. The number of carbonyl (C=O) groups excluding carboxylic acids is 1. The first kappa shape index (κ1) is 15.5. The molecule has 22 heavy (non-hydrogen) atoms. The van der Waals surface area contributed by atoms with Gasteiger partial charge in [0, 0.05) is 26.4 Å². The average molecular weight is 301 g/mol. The Morgan fingerprint density at radius 2 is 2.00 bits per heavy atom. The summed E-state index contributed by atoms with van der Waals surface area (Å²) in [6.45, 7) is 4.97. The van der Waals surface area contributed by atoms with E-state index in [1.807, 2.05) is 18.2 Å². The van der Waals surface area contributed by atoms with E-state index in [9.17, 15) is 4.79 Å². The van der Waals surface area contributed by atoms with Gasteiger partial charge in [-0.2, -0.15) is 0 Å². The van der Waals surface area contributed by atoms with Gasteiger partial charge in [-0.05, 0) is 43.2 Å². The Balaban J connectivity index is 1.58. The van der Waals surface area contributed by atoms with Gasteiger partial charge >= 0.3 is 5.97 Å². The van der Waals surface area contributed by atoms with Crippen molar-refractivity contribution in [3.8, 4) is 0 Å². The van der Waals surface area contributed by atoms with Gasteiger partial charge in [-0.1, -0.05) is 36.8 Å². The Bertz CT molecular complexity index is 487. The van der Waals surface area contributed by atoms with Crippen molar-refractivity contribution in [2.24, 2.45) is 11.8 Å². The van der Waals surface area contributed by atoms with E-state index in [1.54, 1.807) is 0 Å². The van der Waals surface area contributed by atoms with E-state index in [4.69, 9.17) is 4.74 Å². The average Bonchev–Trinajstić information content (AvgIpc) is 2.85. The molecule has 1 aliphatic carbocycles. The molecule has 2 bridgehead atoms. The molecule has 3 nitrogen and oxygen atoms in total. The van der Waals surface area contributed by atoms with Gasteiger partial charge in [0.2, 0.25) is 0 Å². The summed E-state index contributed by atoms with van der Waals surface area (Å²) in [4.78, 5) is 14.0. The van der Waals surface area contributed by atoms with Crippen molar-refractivity contribution in [1.82, 2.24) is 4.90 Å². The van der Waals surface area contributed by atoms with Gasteiger partial charge in [0.15, 0.2) is 0 Å². The van der Waals surface area contributed by atoms with Crippen molar-refractivity contribution in [3.63, 3.8) is 0 Å². The van der Waals surface area contributed by atoms with Crippen LogP contribution < -0.4 is 0 Å². The number of hydrogen-bond acceptors (Lipinski definition) is 3. The van der Waals surface area contributed by atoms with Crippen LogP contribution in [-0.4, -0.2) is 30.5 Å². The minimum Gasteiger partial charge on any atom is -0.458 e. The summed E-state index contributed by atoms with van der Waals surface area (Å²) < 4.78 is 5.56. The molecule has 0 aromatic heterocycles. The van der Waals surface area contributed by atoms with Gasteiger partial charge in [0.05, 0.1) is 0 Å². The fourth-order valence-electron chi connectivity index (χ4n) is 4.09. The third-order valence-corrected chi connectivity index (χ3v) is 5.21. The number of carbonyl (C=O) groups is 1. The van der Waals surface area contributed by atoms with Crippen LogP contribution in [0.25, 0.3) is 0 Å². The molecule has 0 radical (unpaired) electrons. The SMILES string of the molecule is CC(=O)OC(CCN1CCC2CCC(C2)C1)c1ccccc1. The minimum atomic E-state index is -0.191. The van der Waals surface area contributed by atoms with Crippen molar-refractivity contribution < 1.29 is 9.53 Å². The molecule has 2 fully saturated rings. The Labute approximate surface area is 133 Å². The zero-order chi connectivity index (χ0) is 15.4. The lowest BCUT2D eigenvalue weighted by Gasteiger charge is -2.27. The highest BCUT2D eigenvalue weighted by Gasteiger charge is 2.30. The zero-order valence-electron chi connectivity index (χ0n) is 13.5. The molecule has 1 heterocycles. The lowest BCUT2D eigenvalue weighted by Crippen LogP contribution is -2.31. The summed E-state index contributed by atoms with van der Waals surface area (Å²) in [5.41, 5.74) is 1.11. The second-order valence-electron chi connectivity index (χ2n) is 6.93. The first-order valence-corrected chi connectivity index (χ1v) is 8.65. The largest absolute Gasteiger partial charge is 0.458 e. The Morgan fingerprint density at radius 1 is 1.23 bits per heavy atom. The molecule has 0 amide bonds. The maximum atomic E-state index is 11.4. The first-order chi connectivity index (χ1) is 10.7. The van der Waals surface area contributed by atoms with Crippen LogP contribution in [-0.2, 0) is 9.53 Å². The molecule has 0 spiro atoms. The monoisotopic (exact) mass is 301 g/mol. The number of hydrogen-bond donors (Lipinski definition) is 0. The highest BCUT2D eigenvalue weighted by Crippen LogP contribution is 2.36. The third kappa shape index (κ3) is 4.10. The molecule has 1 aromatic rings. The van der Waals surface area contributed by atoms with Crippen LogP contribution in [0.2, 0.25) is 0 Å². The standard InChI is InChI=1S/C19H27NO2/c1-15(21)22-19(18-5-3-2-4-6-18)10-12-20-11-9-16-7-8-17(13-16)14-20/h2-6,16-17,19H,7-14H2,1H3. The van der Waals surface area contributed by atoms with Crippen LogP contribution in [0.5, 0.6) is 0 Å². The summed E-state index contributed by atoms with van der Waals surface area (Å²) >= 11 is 0. The number of rotatable bonds is 5. The summed E-state index contributed by atoms with van der Waals surface area (Å²) in [6, 6.07) is 10.1. The lowest BCUT2D eigenvalue weighted by molar-refractivity contribution is -0.147. The van der Waals surface area contributed by atoms with Crippen molar-refractivity contribution in [1.29, 1.82) is 0 Å². The Morgan fingerprint density at radius 3 is 2.77 bits per heavy atom. The normalized spacial score (nSPS) is 26.4. The molecule has 120 valence electrons. The van der Waals surface area contributed by atoms with Gasteiger partial charge in [-0.25, -0.2) is 0 Å². The maximum absolute atomic E-state index is 11.4. The van der Waals surface area contributed by atoms with Crippen LogP contribution in [0, 0.1) is 11.8 Å². The number of fused-ring (bicyclic) bond motifs is 2. The van der Waals surface area contributed by atoms with E-state index in [2.05, 4.69) is 17.0 Å². The number of ether oxygens (including phenoxy) is 1. The smallest absolute Gasteiger partial charge is 0.303 e. The summed E-state index contributed by atoms with van der Waals surface area (Å²) in [7, 11) is 0. The maximum Gasteiger partial charge on any atom is 0.303 e. The van der Waals surface area contributed by atoms with Crippen molar-refractivity contribution in [2.75, 3.05) is 19.6 Å². The number of benzene rings is 1. The summed E-state index contributed by atoms with van der Waals surface area (Å²) in [5.74, 6) is 1.67. The van der Waals surface area contributed by atoms with Crippen LogP contribution in [0.15, 0.2) is 30.3 Å². The van der Waals surface area contributed by atoms with Crippen molar-refractivity contribution in [2.45, 2.75) is 45.1 Å². The van der Waals surface area contributed by atoms with Crippen LogP contribution in [0.4, 0.5) is 0 Å². The molecule has 3 heteroatoms. The fourth-order valence-corrected chi connectivity index (χ4v) is 4.09. The topological polar surface area (TPSA) is 29.5 Å². The number of nitrogens with zero attached hydrogens (tertiary/aromatic N) is 1. The highest BCUT2D eigenvalue weighted by molar-refractivity contribution is 5.66. The third-order valence-electron chi connectivity index (χ3n) is 5.21. The first-order valence-electron chi connectivity index (χ1n) is 8.65. The van der Waals surface area contributed by atoms with E-state index >= 15 is 0 Å². The molecule has 2 aliphatic rings. The zero-order valence-corrected chi connectivity index (χ0v) is 13.5. The van der Waals surface area contributed by atoms with E-state index in [0.29, 0.717) is 0 Å². The quantitative estimate of drug-likeness (QED) is 0.775. The molecule has 1 aromatic carbocycles. The molecule has 3 unspecified atom stereocenters. The van der Waals surface area contributed by atoms with Crippen LogP contribution in [0.1, 0.15) is 50.7 Å². The molecule has 3 atom stereocenters. The van der Waals surface area contributed by atoms with Gasteiger partial charge in [0.25, 0.3) is 0 Å². The van der Waals surface area contributed by atoms with Crippen molar-refractivity contribution in [3.05, 3.63) is 35.9 Å². The lowest BCUT2D eigenvalue weighted by atomic mass is 10.0. The van der Waals surface area contributed by atoms with Gasteiger partial charge in [-0.3, -0.25) is 4.79 Å². The highest BCUT2D eigenvalue weighted by atomic mass is 16.5. The van der Waals surface area contributed by atoms with Crippen LogP contribution >= 0.6 is 0 Å². The Kier molecular flexibility index (Phi) is 5.14. The predicted octanol–water partition coefficient (Wildman–Crippen LogP) is 3.80. The van der Waals surface area contributed by atoms with Gasteiger partial charge in [-0.15, -0.1) is 0 Å². The molecule has 1 saturated heterocycles. The van der Waals surface area contributed by atoms with Gasteiger partial charge < -0.3 is 9.64 Å². The molecule has 3 rings (SSSR count). The van der Waals surface area contributed by atoms with E-state index in [0.717, 1.165) is 30.4 Å². The second-order valence-corrected chi connectivity index (χ2v) is 6.93. The molecular weight excluding hydrogens is 274 g/mol. The summed E-state index contributed by atoms with van der Waals surface area (Å²) in [5, 5.41) is 0. The molecular formula is C19H27NO2. The predicted molar refractivity (Wildman–Crippen MR) is 87.5 cm³/mol. The minimum absolute atomic E-state index is 0.112. The van der Waals surface area contributed by atoms with Gasteiger partial charge in [0.1, 0.15) is 6.10 Å². The molecule has 1 saturated carbocycles. The molecule has 1 aliphatic heterocycles.